The van der Waals surface area contributed by atoms with Gasteiger partial charge in [0.1, 0.15) is 10.8 Å². The van der Waals surface area contributed by atoms with E-state index in [1.807, 2.05) is 6.07 Å². The molecule has 0 saturated heterocycles. The average Bonchev–Trinajstić information content (AvgIpc) is 3.01. The zero-order valence-corrected chi connectivity index (χ0v) is 15.6. The van der Waals surface area contributed by atoms with Crippen molar-refractivity contribution in [3.8, 4) is 11.1 Å². The maximum atomic E-state index is 6.33. The van der Waals surface area contributed by atoms with Gasteiger partial charge in [-0.3, -0.25) is 0 Å². The molecule has 2 heterocycles. The number of benzene rings is 1. The summed E-state index contributed by atoms with van der Waals surface area (Å²) in [7, 11) is 0. The quantitative estimate of drug-likeness (QED) is 0.490. The lowest BCUT2D eigenvalue weighted by atomic mass is 9.53. The summed E-state index contributed by atoms with van der Waals surface area (Å²) in [5.74, 6) is 2.74. The molecule has 4 saturated carbocycles. The number of rotatable bonds is 2. The molecule has 0 unspecified atom stereocenters. The van der Waals surface area contributed by atoms with Crippen LogP contribution in [0.25, 0.3) is 22.2 Å². The Kier molecular flexibility index (Phi) is 3.15. The van der Waals surface area contributed by atoms with E-state index in [1.165, 1.54) is 55.0 Å². The second kappa shape index (κ2) is 5.36. The molecule has 2 nitrogen and oxygen atoms in total. The van der Waals surface area contributed by atoms with Crippen molar-refractivity contribution in [1.82, 2.24) is 9.55 Å². The zero-order valence-electron chi connectivity index (χ0n) is 14.9. The number of aromatic nitrogens is 2. The van der Waals surface area contributed by atoms with E-state index in [2.05, 4.69) is 47.2 Å². The third kappa shape index (κ3) is 2.15. The number of nitrogens with zero attached hydrogens (tertiary/aromatic N) is 2. The van der Waals surface area contributed by atoms with Gasteiger partial charge in [-0.25, -0.2) is 4.98 Å². The molecule has 1 aromatic carbocycles. The van der Waals surface area contributed by atoms with E-state index in [-0.39, 0.29) is 5.54 Å². The largest absolute Gasteiger partial charge is 0.326 e. The van der Waals surface area contributed by atoms with Gasteiger partial charge in [0.05, 0.1) is 0 Å². The van der Waals surface area contributed by atoms with Crippen molar-refractivity contribution >= 4 is 22.6 Å². The number of halogens is 1. The van der Waals surface area contributed by atoms with Gasteiger partial charge in [-0.05, 0) is 74.0 Å². The second-order valence-corrected chi connectivity index (χ2v) is 9.31. The maximum absolute atomic E-state index is 6.33. The third-order valence-electron chi connectivity index (χ3n) is 7.22. The molecule has 4 aliphatic rings. The topological polar surface area (TPSA) is 17.8 Å². The first kappa shape index (κ1) is 15.3. The fourth-order valence-corrected chi connectivity index (χ4v) is 6.79. The molecule has 0 amide bonds. The Hall–Kier alpha value is -1.80. The van der Waals surface area contributed by atoms with Crippen LogP contribution in [0.15, 0.2) is 48.7 Å². The average molecular weight is 363 g/mol. The molecule has 4 bridgehead atoms. The van der Waals surface area contributed by atoms with Gasteiger partial charge >= 0.3 is 0 Å². The molecule has 0 atom stereocenters. The Balaban J connectivity index is 1.59. The molecular formula is C23H23ClN2. The Bertz CT molecular complexity index is 953. The highest BCUT2D eigenvalue weighted by molar-refractivity contribution is 6.29. The van der Waals surface area contributed by atoms with Crippen molar-refractivity contribution in [2.75, 3.05) is 0 Å². The summed E-state index contributed by atoms with van der Waals surface area (Å²) in [6.07, 6.45) is 10.7. The third-order valence-corrected chi connectivity index (χ3v) is 7.43. The SMILES string of the molecule is Clc1ccc2c(-c3ccccc3)cn(C34CC5CC(CC(C5)C3)C4)c2n1. The van der Waals surface area contributed by atoms with E-state index < -0.39 is 0 Å². The molecule has 26 heavy (non-hydrogen) atoms. The van der Waals surface area contributed by atoms with Gasteiger partial charge in [0.2, 0.25) is 0 Å². The molecule has 132 valence electrons. The molecule has 3 aromatic rings. The van der Waals surface area contributed by atoms with Gasteiger partial charge < -0.3 is 4.57 Å². The normalized spacial score (nSPS) is 32.4. The van der Waals surface area contributed by atoms with Crippen molar-refractivity contribution in [2.24, 2.45) is 17.8 Å². The second-order valence-electron chi connectivity index (χ2n) is 8.93. The Morgan fingerprint density at radius 2 is 1.54 bits per heavy atom. The van der Waals surface area contributed by atoms with Crippen molar-refractivity contribution in [2.45, 2.75) is 44.1 Å². The fraction of sp³-hybridized carbons (Fsp3) is 0.435. The predicted octanol–water partition coefficient (Wildman–Crippen LogP) is 6.28. The van der Waals surface area contributed by atoms with Crippen LogP contribution in [0.3, 0.4) is 0 Å². The van der Waals surface area contributed by atoms with Crippen LogP contribution in [0.5, 0.6) is 0 Å². The number of hydrogen-bond acceptors (Lipinski definition) is 1. The van der Waals surface area contributed by atoms with Crippen molar-refractivity contribution < 1.29 is 0 Å². The number of pyridine rings is 1. The van der Waals surface area contributed by atoms with Crippen LogP contribution in [-0.2, 0) is 5.54 Å². The Morgan fingerprint density at radius 3 is 2.19 bits per heavy atom. The van der Waals surface area contributed by atoms with Gasteiger partial charge in [0.25, 0.3) is 0 Å². The first-order chi connectivity index (χ1) is 12.7. The molecule has 0 radical (unpaired) electrons. The molecule has 2 aromatic heterocycles. The summed E-state index contributed by atoms with van der Waals surface area (Å²) in [6, 6.07) is 14.8. The van der Waals surface area contributed by atoms with E-state index in [1.54, 1.807) is 0 Å². The van der Waals surface area contributed by atoms with E-state index in [9.17, 15) is 0 Å². The maximum Gasteiger partial charge on any atom is 0.142 e. The van der Waals surface area contributed by atoms with Crippen LogP contribution in [0.2, 0.25) is 5.15 Å². The summed E-state index contributed by atoms with van der Waals surface area (Å²) in [6.45, 7) is 0. The minimum atomic E-state index is 0.262. The zero-order chi connectivity index (χ0) is 17.3. The summed E-state index contributed by atoms with van der Waals surface area (Å²) in [5, 5.41) is 1.83. The fourth-order valence-electron chi connectivity index (χ4n) is 6.65. The number of fused-ring (bicyclic) bond motifs is 1. The molecule has 0 N–H and O–H groups in total. The van der Waals surface area contributed by atoms with Crippen molar-refractivity contribution in [3.63, 3.8) is 0 Å². The van der Waals surface area contributed by atoms with Gasteiger partial charge in [0, 0.05) is 22.7 Å². The van der Waals surface area contributed by atoms with Crippen LogP contribution < -0.4 is 0 Å². The van der Waals surface area contributed by atoms with Crippen LogP contribution in [0, 0.1) is 17.8 Å². The Labute approximate surface area is 159 Å². The van der Waals surface area contributed by atoms with E-state index in [0.717, 1.165) is 23.4 Å². The first-order valence-electron chi connectivity index (χ1n) is 9.94. The Morgan fingerprint density at radius 1 is 0.885 bits per heavy atom. The molecule has 3 heteroatoms. The lowest BCUT2D eigenvalue weighted by molar-refractivity contribution is -0.0409. The van der Waals surface area contributed by atoms with E-state index in [4.69, 9.17) is 16.6 Å². The lowest BCUT2D eigenvalue weighted by Gasteiger charge is -2.57. The minimum Gasteiger partial charge on any atom is -0.326 e. The minimum absolute atomic E-state index is 0.262. The van der Waals surface area contributed by atoms with Gasteiger partial charge in [-0.2, -0.15) is 0 Å². The van der Waals surface area contributed by atoms with E-state index in [0.29, 0.717) is 5.15 Å². The van der Waals surface area contributed by atoms with Gasteiger partial charge in [0.15, 0.2) is 0 Å². The summed E-state index contributed by atoms with van der Waals surface area (Å²) in [4.78, 5) is 4.81. The monoisotopic (exact) mass is 362 g/mol. The molecule has 4 aliphatic carbocycles. The smallest absolute Gasteiger partial charge is 0.142 e. The molecule has 7 rings (SSSR count). The molecule has 0 spiro atoms. The highest BCUT2D eigenvalue weighted by Crippen LogP contribution is 2.59. The molecule has 0 aliphatic heterocycles. The van der Waals surface area contributed by atoms with Crippen LogP contribution >= 0.6 is 11.6 Å². The van der Waals surface area contributed by atoms with Crippen LogP contribution in [0.1, 0.15) is 38.5 Å². The standard InChI is InChI=1S/C23H23ClN2/c24-21-7-6-19-20(18-4-2-1-3-5-18)14-26(22(19)25-21)23-11-15-8-16(12-23)10-17(9-15)13-23/h1-7,14-17H,8-13H2. The molecule has 4 fully saturated rings. The van der Waals surface area contributed by atoms with Crippen LogP contribution in [-0.4, -0.2) is 9.55 Å². The highest BCUT2D eigenvalue weighted by atomic mass is 35.5. The summed E-state index contributed by atoms with van der Waals surface area (Å²) < 4.78 is 2.54. The summed E-state index contributed by atoms with van der Waals surface area (Å²) >= 11 is 6.33. The first-order valence-corrected chi connectivity index (χ1v) is 10.3. The molecular weight excluding hydrogens is 340 g/mol. The van der Waals surface area contributed by atoms with Gasteiger partial charge in [-0.1, -0.05) is 41.9 Å². The van der Waals surface area contributed by atoms with E-state index >= 15 is 0 Å². The lowest BCUT2D eigenvalue weighted by Crippen LogP contribution is -2.51. The van der Waals surface area contributed by atoms with Gasteiger partial charge in [-0.15, -0.1) is 0 Å². The highest BCUT2D eigenvalue weighted by Gasteiger charge is 2.52. The number of hydrogen-bond donors (Lipinski definition) is 0. The van der Waals surface area contributed by atoms with Crippen molar-refractivity contribution in [1.29, 1.82) is 0 Å². The van der Waals surface area contributed by atoms with Crippen LogP contribution in [0.4, 0.5) is 0 Å². The predicted molar refractivity (Wildman–Crippen MR) is 106 cm³/mol. The van der Waals surface area contributed by atoms with Crippen molar-refractivity contribution in [3.05, 3.63) is 53.8 Å². The summed E-state index contributed by atoms with van der Waals surface area (Å²) in [5.41, 5.74) is 3.90.